The van der Waals surface area contributed by atoms with Crippen LogP contribution in [0.2, 0.25) is 0 Å². The van der Waals surface area contributed by atoms with Crippen LogP contribution in [0.3, 0.4) is 0 Å². The molecular weight excluding hydrogens is 556 g/mol. The first-order valence-corrected chi connectivity index (χ1v) is 13.1. The van der Waals surface area contributed by atoms with Crippen molar-refractivity contribution in [2.75, 3.05) is 24.4 Å². The predicted molar refractivity (Wildman–Crippen MR) is 148 cm³/mol. The number of rotatable bonds is 5. The fourth-order valence-electron chi connectivity index (χ4n) is 5.61. The number of hydrogen-bond donors (Lipinski definition) is 2. The van der Waals surface area contributed by atoms with Crippen LogP contribution in [0.4, 0.5) is 29.2 Å². The number of methoxy groups -OCH3 is 1. The van der Waals surface area contributed by atoms with Crippen molar-refractivity contribution < 1.29 is 27.0 Å². The Hall–Kier alpha value is -4.75. The summed E-state index contributed by atoms with van der Waals surface area (Å²) in [6.07, 6.45) is -2.93. The van der Waals surface area contributed by atoms with Crippen molar-refractivity contribution in [3.63, 3.8) is 0 Å². The number of aromatic nitrogens is 6. The minimum atomic E-state index is -4.56. The van der Waals surface area contributed by atoms with Gasteiger partial charge in [0.05, 0.1) is 37.3 Å². The standard InChI is InChI=1S/C28H26F4N8O2/c1-12-8-18-17(10-35-39-18)19(16(12)9-28(30,31)32)22-21(29)23-20-25(38-27(37-23)41-4)40(13(2)11-42-26(20)36-22)14(3)15-6-5-7-34-24(15)33/h5-8,10,13-14H,9,11H2,1-4H3,(H2,33,34)(H,35,39)/t13-,14?/m0/s1. The van der Waals surface area contributed by atoms with Gasteiger partial charge in [-0.1, -0.05) is 6.07 Å². The number of nitrogens with zero attached hydrogens (tertiary/aromatic N) is 6. The second kappa shape index (κ2) is 9.96. The number of nitrogens with two attached hydrogens (primary N) is 1. The highest BCUT2D eigenvalue weighted by Crippen LogP contribution is 2.45. The van der Waals surface area contributed by atoms with Crippen molar-refractivity contribution in [2.24, 2.45) is 0 Å². The lowest BCUT2D eigenvalue weighted by atomic mass is 9.92. The number of anilines is 2. The number of aromatic amines is 1. The van der Waals surface area contributed by atoms with E-state index in [1.54, 1.807) is 18.3 Å². The Labute approximate surface area is 236 Å². The van der Waals surface area contributed by atoms with E-state index in [4.69, 9.17) is 15.2 Å². The van der Waals surface area contributed by atoms with Crippen LogP contribution in [0.1, 0.15) is 36.6 Å². The molecule has 0 saturated heterocycles. The molecule has 218 valence electrons. The van der Waals surface area contributed by atoms with E-state index in [1.165, 1.54) is 20.2 Å². The van der Waals surface area contributed by atoms with E-state index in [-0.39, 0.29) is 63.5 Å². The Morgan fingerprint density at radius 1 is 1.26 bits per heavy atom. The average Bonchev–Trinajstić information content (AvgIpc) is 3.35. The molecule has 6 rings (SSSR count). The summed E-state index contributed by atoms with van der Waals surface area (Å²) in [5, 5.41) is 7.18. The third-order valence-corrected chi connectivity index (χ3v) is 7.51. The average molecular weight is 583 g/mol. The van der Waals surface area contributed by atoms with Crippen LogP contribution in [-0.2, 0) is 6.42 Å². The van der Waals surface area contributed by atoms with Gasteiger partial charge in [0.1, 0.15) is 34.8 Å². The fourth-order valence-corrected chi connectivity index (χ4v) is 5.61. The predicted octanol–water partition coefficient (Wildman–Crippen LogP) is 5.45. The van der Waals surface area contributed by atoms with Gasteiger partial charge in [0.15, 0.2) is 5.82 Å². The fraction of sp³-hybridized carbons (Fsp3) is 0.321. The van der Waals surface area contributed by atoms with E-state index in [0.717, 1.165) is 0 Å². The molecule has 0 fully saturated rings. The first-order valence-electron chi connectivity index (χ1n) is 13.1. The number of halogens is 4. The summed E-state index contributed by atoms with van der Waals surface area (Å²) < 4.78 is 69.4. The van der Waals surface area contributed by atoms with Crippen molar-refractivity contribution >= 4 is 33.4 Å². The molecule has 1 aliphatic heterocycles. The maximum atomic E-state index is 16.7. The molecule has 1 aromatic carbocycles. The molecule has 3 N–H and O–H groups in total. The van der Waals surface area contributed by atoms with Crippen molar-refractivity contribution in [1.29, 1.82) is 0 Å². The lowest BCUT2D eigenvalue weighted by molar-refractivity contribution is -0.127. The van der Waals surface area contributed by atoms with Crippen LogP contribution in [0.25, 0.3) is 33.1 Å². The molecule has 4 aromatic heterocycles. The Balaban J connectivity index is 1.66. The molecule has 1 aliphatic rings. The monoisotopic (exact) mass is 582 g/mol. The van der Waals surface area contributed by atoms with E-state index in [0.29, 0.717) is 22.5 Å². The number of nitrogen functional groups attached to an aromatic ring is 1. The second-order valence-corrected chi connectivity index (χ2v) is 10.2. The molecule has 14 heteroatoms. The summed E-state index contributed by atoms with van der Waals surface area (Å²) in [5.41, 5.74) is 6.92. The Morgan fingerprint density at radius 3 is 2.76 bits per heavy atom. The SMILES string of the molecule is COc1nc2c3c(nc(-c4c(CC(F)(F)F)c(C)cc5[nH]ncc45)c(F)c3n1)OC[C@H](C)N2C(C)c1cccnc1N. The largest absolute Gasteiger partial charge is 0.475 e. The summed E-state index contributed by atoms with van der Waals surface area (Å²) in [6, 6.07) is 4.28. The van der Waals surface area contributed by atoms with Gasteiger partial charge in [0, 0.05) is 22.7 Å². The van der Waals surface area contributed by atoms with Gasteiger partial charge >= 0.3 is 12.2 Å². The van der Waals surface area contributed by atoms with Crippen molar-refractivity contribution in [3.8, 4) is 23.1 Å². The third kappa shape index (κ3) is 4.46. The minimum absolute atomic E-state index is 0.0177. The van der Waals surface area contributed by atoms with Crippen LogP contribution in [-0.4, -0.2) is 56.1 Å². The zero-order valence-corrected chi connectivity index (χ0v) is 23.0. The van der Waals surface area contributed by atoms with Gasteiger partial charge in [-0.2, -0.15) is 28.2 Å². The number of H-pyrrole nitrogens is 1. The highest BCUT2D eigenvalue weighted by Gasteiger charge is 2.36. The molecule has 0 amide bonds. The number of ether oxygens (including phenoxy) is 2. The third-order valence-electron chi connectivity index (χ3n) is 7.51. The molecule has 0 bridgehead atoms. The van der Waals surface area contributed by atoms with Crippen LogP contribution in [0, 0.1) is 12.7 Å². The molecule has 42 heavy (non-hydrogen) atoms. The molecule has 5 aromatic rings. The normalized spacial score (nSPS) is 16.0. The molecule has 10 nitrogen and oxygen atoms in total. The number of benzene rings is 1. The van der Waals surface area contributed by atoms with Crippen LogP contribution in [0.15, 0.2) is 30.6 Å². The van der Waals surface area contributed by atoms with E-state index < -0.39 is 24.5 Å². The first-order chi connectivity index (χ1) is 20.0. The maximum absolute atomic E-state index is 16.7. The van der Waals surface area contributed by atoms with Gasteiger partial charge in [-0.05, 0) is 44.0 Å². The number of nitrogens with one attached hydrogen (secondary N) is 1. The van der Waals surface area contributed by atoms with Gasteiger partial charge in [-0.25, -0.2) is 14.4 Å². The zero-order chi connectivity index (χ0) is 29.9. The topological polar surface area (TPSA) is 128 Å². The molecule has 5 heterocycles. The lowest BCUT2D eigenvalue weighted by Gasteiger charge is -2.34. The molecule has 0 radical (unpaired) electrons. The van der Waals surface area contributed by atoms with Crippen molar-refractivity contribution in [3.05, 3.63) is 53.1 Å². The van der Waals surface area contributed by atoms with E-state index in [2.05, 4.69) is 30.1 Å². The first kappa shape index (κ1) is 27.4. The van der Waals surface area contributed by atoms with Crippen molar-refractivity contribution in [1.82, 2.24) is 30.1 Å². The van der Waals surface area contributed by atoms with E-state index >= 15 is 4.39 Å². The van der Waals surface area contributed by atoms with Gasteiger partial charge in [-0.15, -0.1) is 0 Å². The van der Waals surface area contributed by atoms with Crippen LogP contribution in [0.5, 0.6) is 11.9 Å². The second-order valence-electron chi connectivity index (χ2n) is 10.2. The number of alkyl halides is 3. The van der Waals surface area contributed by atoms with Gasteiger partial charge in [0.25, 0.3) is 0 Å². The summed E-state index contributed by atoms with van der Waals surface area (Å²) in [5.74, 6) is -0.367. The summed E-state index contributed by atoms with van der Waals surface area (Å²) in [4.78, 5) is 19.4. The summed E-state index contributed by atoms with van der Waals surface area (Å²) in [6.45, 7) is 5.42. The molecule has 2 atom stereocenters. The Morgan fingerprint density at radius 2 is 2.05 bits per heavy atom. The summed E-state index contributed by atoms with van der Waals surface area (Å²) in [7, 11) is 1.34. The highest BCUT2D eigenvalue weighted by molar-refractivity contribution is 6.01. The molecule has 0 aliphatic carbocycles. The number of fused-ring (bicyclic) bond motifs is 1. The Bertz CT molecular complexity index is 1840. The number of hydrogen-bond acceptors (Lipinski definition) is 9. The highest BCUT2D eigenvalue weighted by atomic mass is 19.4. The summed E-state index contributed by atoms with van der Waals surface area (Å²) >= 11 is 0. The van der Waals surface area contributed by atoms with E-state index in [1.807, 2.05) is 24.8 Å². The molecular formula is C28H26F4N8O2. The molecule has 1 unspecified atom stereocenters. The van der Waals surface area contributed by atoms with Crippen LogP contribution < -0.4 is 20.1 Å². The zero-order valence-electron chi connectivity index (χ0n) is 23.0. The van der Waals surface area contributed by atoms with Gasteiger partial charge < -0.3 is 20.1 Å². The maximum Gasteiger partial charge on any atom is 0.393 e. The van der Waals surface area contributed by atoms with Crippen LogP contribution >= 0.6 is 0 Å². The number of aryl methyl sites for hydroxylation is 1. The molecule has 0 saturated carbocycles. The quantitative estimate of drug-likeness (QED) is 0.260. The lowest BCUT2D eigenvalue weighted by Crippen LogP contribution is -2.39. The van der Waals surface area contributed by atoms with Crippen molar-refractivity contribution in [2.45, 2.75) is 45.5 Å². The smallest absolute Gasteiger partial charge is 0.393 e. The van der Waals surface area contributed by atoms with Gasteiger partial charge in [-0.3, -0.25) is 5.10 Å². The number of pyridine rings is 2. The van der Waals surface area contributed by atoms with Gasteiger partial charge in [0.2, 0.25) is 5.88 Å². The molecule has 0 spiro atoms. The van der Waals surface area contributed by atoms with E-state index in [9.17, 15) is 13.2 Å². The Kier molecular flexibility index (Phi) is 6.50. The minimum Gasteiger partial charge on any atom is -0.475 e.